The molecule has 1 aliphatic carbocycles. The number of halogens is 2. The van der Waals surface area contributed by atoms with Gasteiger partial charge in [0.2, 0.25) is 0 Å². The van der Waals surface area contributed by atoms with Gasteiger partial charge in [-0.2, -0.15) is 0 Å². The maximum atomic E-state index is 6.08. The average molecular weight is 312 g/mol. The van der Waals surface area contributed by atoms with Crippen LogP contribution in [0.15, 0.2) is 12.1 Å². The highest BCUT2D eigenvalue weighted by atomic mass is 35.5. The van der Waals surface area contributed by atoms with E-state index in [-0.39, 0.29) is 0 Å². The number of nitrogens with zero attached hydrogens (tertiary/aromatic N) is 4. The molecule has 1 fully saturated rings. The van der Waals surface area contributed by atoms with Crippen LogP contribution in [0.3, 0.4) is 0 Å². The topological polar surface area (TPSA) is 69.6 Å². The maximum Gasteiger partial charge on any atom is 0.182 e. The van der Waals surface area contributed by atoms with Gasteiger partial charge in [0.15, 0.2) is 5.82 Å². The van der Waals surface area contributed by atoms with Gasteiger partial charge in [-0.1, -0.05) is 30.1 Å². The standard InChI is InChI=1S/C13H15Cl2N5/c1-7-2-3-9(4-7)20-13(17-18-19-20)8-5-10(14)12(15)11(16)6-8/h5-7,9H,2-4,16H2,1H3. The van der Waals surface area contributed by atoms with E-state index in [9.17, 15) is 0 Å². The fraction of sp³-hybridized carbons (Fsp3) is 0.462. The smallest absolute Gasteiger partial charge is 0.182 e. The Morgan fingerprint density at radius 2 is 2.10 bits per heavy atom. The Balaban J connectivity index is 2.01. The minimum Gasteiger partial charge on any atom is -0.397 e. The van der Waals surface area contributed by atoms with Gasteiger partial charge in [-0.3, -0.25) is 0 Å². The second-order valence-electron chi connectivity index (χ2n) is 5.38. The fourth-order valence-corrected chi connectivity index (χ4v) is 3.10. The first-order valence-corrected chi connectivity index (χ1v) is 7.34. The third kappa shape index (κ3) is 2.36. The van der Waals surface area contributed by atoms with E-state index >= 15 is 0 Å². The maximum absolute atomic E-state index is 6.08. The van der Waals surface area contributed by atoms with Crippen LogP contribution in [0.4, 0.5) is 5.69 Å². The Kier molecular flexibility index (Phi) is 3.56. The van der Waals surface area contributed by atoms with Gasteiger partial charge in [-0.25, -0.2) is 4.68 Å². The third-order valence-electron chi connectivity index (χ3n) is 3.82. The Bertz CT molecular complexity index is 616. The number of anilines is 1. The first kappa shape index (κ1) is 13.6. The molecule has 1 heterocycles. The van der Waals surface area contributed by atoms with Crippen LogP contribution in [-0.4, -0.2) is 20.2 Å². The monoisotopic (exact) mass is 311 g/mol. The summed E-state index contributed by atoms with van der Waals surface area (Å²) in [5, 5.41) is 12.8. The number of tetrazole rings is 1. The second-order valence-corrected chi connectivity index (χ2v) is 6.17. The summed E-state index contributed by atoms with van der Waals surface area (Å²) in [5.41, 5.74) is 7.09. The Hall–Kier alpha value is -1.33. The molecule has 1 aromatic carbocycles. The number of hydrogen-bond acceptors (Lipinski definition) is 4. The van der Waals surface area contributed by atoms with Crippen molar-refractivity contribution in [1.29, 1.82) is 0 Å². The highest BCUT2D eigenvalue weighted by Gasteiger charge is 2.26. The molecule has 0 saturated heterocycles. The number of aromatic nitrogens is 4. The quantitative estimate of drug-likeness (QED) is 0.860. The zero-order chi connectivity index (χ0) is 14.3. The summed E-state index contributed by atoms with van der Waals surface area (Å²) in [7, 11) is 0. The van der Waals surface area contributed by atoms with Crippen LogP contribution in [0.5, 0.6) is 0 Å². The molecule has 1 saturated carbocycles. The molecule has 0 bridgehead atoms. The van der Waals surface area contributed by atoms with E-state index in [4.69, 9.17) is 28.9 Å². The first-order chi connectivity index (χ1) is 9.56. The van der Waals surface area contributed by atoms with Crippen molar-refractivity contribution < 1.29 is 0 Å². The zero-order valence-corrected chi connectivity index (χ0v) is 12.6. The molecule has 2 atom stereocenters. The molecule has 106 valence electrons. The van der Waals surface area contributed by atoms with E-state index < -0.39 is 0 Å². The first-order valence-electron chi connectivity index (χ1n) is 6.59. The Morgan fingerprint density at radius 1 is 1.30 bits per heavy atom. The van der Waals surface area contributed by atoms with Gasteiger partial charge in [-0.05, 0) is 47.7 Å². The summed E-state index contributed by atoms with van der Waals surface area (Å²) in [5.74, 6) is 1.39. The van der Waals surface area contributed by atoms with Gasteiger partial charge in [0.05, 0.1) is 21.8 Å². The van der Waals surface area contributed by atoms with Crippen molar-refractivity contribution in [1.82, 2.24) is 20.2 Å². The number of hydrogen-bond donors (Lipinski definition) is 1. The van der Waals surface area contributed by atoms with Crippen LogP contribution < -0.4 is 5.73 Å². The lowest BCUT2D eigenvalue weighted by atomic mass is 10.1. The minimum absolute atomic E-state index is 0.339. The van der Waals surface area contributed by atoms with Gasteiger partial charge in [0.25, 0.3) is 0 Å². The van der Waals surface area contributed by atoms with Crippen LogP contribution in [0.2, 0.25) is 10.0 Å². The van der Waals surface area contributed by atoms with E-state index in [0.717, 1.165) is 18.4 Å². The minimum atomic E-state index is 0.339. The Morgan fingerprint density at radius 3 is 2.75 bits per heavy atom. The molecular weight excluding hydrogens is 297 g/mol. The Labute approximate surface area is 127 Å². The number of nitrogens with two attached hydrogens (primary N) is 1. The molecule has 20 heavy (non-hydrogen) atoms. The predicted molar refractivity (Wildman–Crippen MR) is 79.7 cm³/mol. The van der Waals surface area contributed by atoms with Crippen molar-refractivity contribution in [2.45, 2.75) is 32.2 Å². The van der Waals surface area contributed by atoms with Crippen molar-refractivity contribution in [3.05, 3.63) is 22.2 Å². The number of benzene rings is 1. The molecule has 2 N–H and O–H groups in total. The predicted octanol–water partition coefficient (Wildman–Crippen LogP) is 3.59. The van der Waals surface area contributed by atoms with Gasteiger partial charge in [0, 0.05) is 5.56 Å². The molecule has 2 aromatic rings. The van der Waals surface area contributed by atoms with E-state index in [1.807, 2.05) is 4.68 Å². The largest absolute Gasteiger partial charge is 0.397 e. The number of rotatable bonds is 2. The molecule has 1 aromatic heterocycles. The van der Waals surface area contributed by atoms with Crippen molar-refractivity contribution >= 4 is 28.9 Å². The average Bonchev–Trinajstić information content (AvgIpc) is 3.03. The normalized spacial score (nSPS) is 22.4. The molecule has 0 aliphatic heterocycles. The summed E-state index contributed by atoms with van der Waals surface area (Å²) in [6.07, 6.45) is 3.39. The lowest BCUT2D eigenvalue weighted by Crippen LogP contribution is -2.09. The molecule has 0 spiro atoms. The SMILES string of the molecule is CC1CCC(n2nnnc2-c2cc(N)c(Cl)c(Cl)c2)C1. The molecule has 7 heteroatoms. The van der Waals surface area contributed by atoms with Crippen LogP contribution in [-0.2, 0) is 0 Å². The van der Waals surface area contributed by atoms with Gasteiger partial charge < -0.3 is 5.73 Å². The van der Waals surface area contributed by atoms with Crippen LogP contribution in [0.1, 0.15) is 32.2 Å². The number of nitrogen functional groups attached to an aromatic ring is 1. The highest BCUT2D eigenvalue weighted by molar-refractivity contribution is 6.43. The summed E-state index contributed by atoms with van der Waals surface area (Å²) < 4.78 is 1.88. The van der Waals surface area contributed by atoms with Gasteiger partial charge in [-0.15, -0.1) is 5.10 Å². The molecule has 5 nitrogen and oxygen atoms in total. The molecule has 0 radical (unpaired) electrons. The van der Waals surface area contributed by atoms with Gasteiger partial charge in [0.1, 0.15) is 0 Å². The van der Waals surface area contributed by atoms with Crippen LogP contribution in [0, 0.1) is 5.92 Å². The van der Waals surface area contributed by atoms with Crippen molar-refractivity contribution in [2.75, 3.05) is 5.73 Å². The van der Waals surface area contributed by atoms with Crippen molar-refractivity contribution in [3.8, 4) is 11.4 Å². The summed E-state index contributed by atoms with van der Waals surface area (Å²) in [6.45, 7) is 2.25. The van der Waals surface area contributed by atoms with E-state index in [1.54, 1.807) is 12.1 Å². The summed E-state index contributed by atoms with van der Waals surface area (Å²) in [6, 6.07) is 3.85. The molecular formula is C13H15Cl2N5. The zero-order valence-electron chi connectivity index (χ0n) is 11.1. The van der Waals surface area contributed by atoms with Crippen molar-refractivity contribution in [3.63, 3.8) is 0 Å². The molecule has 0 amide bonds. The lowest BCUT2D eigenvalue weighted by Gasteiger charge is -2.12. The van der Waals surface area contributed by atoms with E-state index in [2.05, 4.69) is 22.4 Å². The second kappa shape index (κ2) is 5.22. The third-order valence-corrected chi connectivity index (χ3v) is 4.64. The molecule has 2 unspecified atom stereocenters. The summed E-state index contributed by atoms with van der Waals surface area (Å²) >= 11 is 12.1. The van der Waals surface area contributed by atoms with Crippen LogP contribution >= 0.6 is 23.2 Å². The van der Waals surface area contributed by atoms with E-state index in [0.29, 0.717) is 33.5 Å². The molecule has 3 rings (SSSR count). The molecule has 1 aliphatic rings. The van der Waals surface area contributed by atoms with Crippen LogP contribution in [0.25, 0.3) is 11.4 Å². The lowest BCUT2D eigenvalue weighted by molar-refractivity contribution is 0.443. The van der Waals surface area contributed by atoms with Crippen molar-refractivity contribution in [2.24, 2.45) is 5.92 Å². The highest BCUT2D eigenvalue weighted by Crippen LogP contribution is 2.37. The van der Waals surface area contributed by atoms with E-state index in [1.165, 1.54) is 6.42 Å². The van der Waals surface area contributed by atoms with Gasteiger partial charge >= 0.3 is 0 Å². The summed E-state index contributed by atoms with van der Waals surface area (Å²) in [4.78, 5) is 0. The fourth-order valence-electron chi connectivity index (χ4n) is 2.77.